The summed E-state index contributed by atoms with van der Waals surface area (Å²) in [5, 5.41) is 15.1. The molecule has 372 valence electrons. The highest BCUT2D eigenvalue weighted by atomic mass is 16.7. The highest BCUT2D eigenvalue weighted by Crippen LogP contribution is 2.39. The summed E-state index contributed by atoms with van der Waals surface area (Å²) in [4.78, 5) is 82.8. The molecule has 15 heteroatoms. The number of nitrogens with zero attached hydrogens (tertiary/aromatic N) is 1. The third-order valence-electron chi connectivity index (χ3n) is 14.3. The molecule has 3 fully saturated rings. The fraction of sp³-hybridized carbons (Fsp3) is 0.692. The molecule has 2 bridgehead atoms. The van der Waals surface area contributed by atoms with Gasteiger partial charge in [0.1, 0.15) is 35.9 Å². The fourth-order valence-electron chi connectivity index (χ4n) is 10.5. The van der Waals surface area contributed by atoms with Crippen molar-refractivity contribution in [2.24, 2.45) is 29.6 Å². The summed E-state index contributed by atoms with van der Waals surface area (Å²) in [6.07, 6.45) is 6.67. The third-order valence-corrected chi connectivity index (χ3v) is 14.3. The maximum Gasteiger partial charge on any atom is 0.329 e. The molecule has 1 aromatic carbocycles. The third kappa shape index (κ3) is 14.1. The van der Waals surface area contributed by atoms with E-state index in [1.165, 1.54) is 18.9 Å². The van der Waals surface area contributed by atoms with Gasteiger partial charge in [0.15, 0.2) is 6.61 Å². The Morgan fingerprint density at radius 3 is 2.30 bits per heavy atom. The van der Waals surface area contributed by atoms with Crippen LogP contribution in [-0.2, 0) is 52.5 Å². The van der Waals surface area contributed by atoms with Crippen LogP contribution in [0.15, 0.2) is 53.6 Å². The van der Waals surface area contributed by atoms with Crippen LogP contribution >= 0.6 is 0 Å². The summed E-state index contributed by atoms with van der Waals surface area (Å²) in [5.74, 6) is -7.06. The first-order chi connectivity index (χ1) is 31.9. The van der Waals surface area contributed by atoms with Crippen molar-refractivity contribution >= 4 is 35.3 Å². The van der Waals surface area contributed by atoms with Gasteiger partial charge in [-0.05, 0) is 120 Å². The minimum atomic E-state index is -2.51. The summed E-state index contributed by atoms with van der Waals surface area (Å²) in [5.41, 5.74) is 1.81. The van der Waals surface area contributed by atoms with Gasteiger partial charge in [-0.1, -0.05) is 63.6 Å². The van der Waals surface area contributed by atoms with Crippen LogP contribution in [0.2, 0.25) is 0 Å². The van der Waals surface area contributed by atoms with E-state index < -0.39 is 84.4 Å². The number of hydrogen-bond acceptors (Lipinski definition) is 13. The van der Waals surface area contributed by atoms with Crippen LogP contribution in [-0.4, -0.2) is 121 Å². The summed E-state index contributed by atoms with van der Waals surface area (Å²) in [7, 11) is 3.08. The molecule has 5 rings (SSSR count). The number of Topliss-reactive ketones (excluding diaryl/α,β-unsaturated/α-hetero) is 2. The quantitative estimate of drug-likeness (QED) is 0.145. The van der Waals surface area contributed by atoms with Crippen LogP contribution in [0.4, 0.5) is 0 Å². The predicted octanol–water partition coefficient (Wildman–Crippen LogP) is 6.62. The molecular weight excluding hydrogens is 861 g/mol. The smallest absolute Gasteiger partial charge is 0.329 e. The second-order valence-electron chi connectivity index (χ2n) is 19.6. The zero-order chi connectivity index (χ0) is 49.0. The average Bonchev–Trinajstić information content (AvgIpc) is 3.31. The molecule has 15 nitrogen and oxygen atoms in total. The van der Waals surface area contributed by atoms with E-state index in [9.17, 15) is 33.9 Å². The number of nitrogens with one attached hydrogen (secondary N) is 1. The highest BCUT2D eigenvalue weighted by molar-refractivity contribution is 6.39. The van der Waals surface area contributed by atoms with E-state index in [1.807, 2.05) is 58.0 Å². The molecule has 1 saturated carbocycles. The maximum atomic E-state index is 14.6. The first-order valence-corrected chi connectivity index (χ1v) is 24.4. The number of benzene rings is 1. The number of methoxy groups -OCH3 is 2. The lowest BCUT2D eigenvalue weighted by atomic mass is 9.81. The Balaban J connectivity index is 1.48. The van der Waals surface area contributed by atoms with Crippen molar-refractivity contribution in [3.05, 3.63) is 53.6 Å². The van der Waals surface area contributed by atoms with E-state index in [1.54, 1.807) is 14.0 Å². The summed E-state index contributed by atoms with van der Waals surface area (Å²) < 4.78 is 36.0. The number of aliphatic hydroxyl groups is 1. The topological polar surface area (TPSA) is 193 Å². The number of esters is 2. The lowest BCUT2D eigenvalue weighted by Crippen LogP contribution is -2.64. The van der Waals surface area contributed by atoms with Gasteiger partial charge in [0.2, 0.25) is 5.79 Å². The molecule has 3 aliphatic heterocycles. The molecule has 0 aromatic heterocycles. The van der Waals surface area contributed by atoms with Crippen molar-refractivity contribution in [1.29, 1.82) is 0 Å². The first kappa shape index (κ1) is 53.5. The average molecular weight is 937 g/mol. The van der Waals surface area contributed by atoms with Crippen LogP contribution in [0.25, 0.3) is 0 Å². The second-order valence-corrected chi connectivity index (χ2v) is 19.6. The molecular formula is C52H76N2O13. The number of ether oxygens (including phenoxy) is 6. The van der Waals surface area contributed by atoms with Gasteiger partial charge in [-0.3, -0.25) is 24.0 Å². The van der Waals surface area contributed by atoms with Crippen LogP contribution in [0.5, 0.6) is 5.75 Å². The van der Waals surface area contributed by atoms with Gasteiger partial charge in [-0.2, -0.15) is 0 Å². The highest BCUT2D eigenvalue weighted by Gasteiger charge is 2.56. The number of carbonyl (C=O) groups excluding carboxylic acids is 6. The largest absolute Gasteiger partial charge is 0.488 e. The van der Waals surface area contributed by atoms with Gasteiger partial charge in [0, 0.05) is 45.9 Å². The molecule has 67 heavy (non-hydrogen) atoms. The Morgan fingerprint density at radius 2 is 1.63 bits per heavy atom. The standard InChI is InChI=1S/C52H76N2O13/c1-10-38-25-31(2)24-32(3)26-44(62-8)48-45(63-9)28-35(6)52(61,67-48)49(58)50(59)54-23-15-14-18-41(54)51(60)66-47(33(4)19-22-42(38)56)34(5)27-37-20-21-40(53-46(57)30-64-36(7)55)43(29-37)65-39-16-12-11-13-17-39/h11-13,16-17,25,27,32-33,35,37-38,40-41,43-45,47-48,61H,10,14-15,18-24,26,28-30H2,1-9H3,(H,53,57). The summed E-state index contributed by atoms with van der Waals surface area (Å²) >= 11 is 0. The van der Waals surface area contributed by atoms with E-state index in [0.29, 0.717) is 63.5 Å². The molecule has 2 amide bonds. The molecule has 1 aliphatic carbocycles. The Hall–Kier alpha value is -4.44. The lowest BCUT2D eigenvalue weighted by molar-refractivity contribution is -0.302. The lowest BCUT2D eigenvalue weighted by Gasteiger charge is -2.47. The SMILES string of the molecule is CCC1C=C(C)CC(C)CC(OC)C2OC(O)(C(=O)C(=O)N3CCCCC3C(=O)OC(C(C)=CC3CCC(NC(=O)COC(C)=O)C(Oc4ccccc4)C3)C(C)CCC1=O)C(C)CC2OC. The Bertz CT molecular complexity index is 1940. The van der Waals surface area contributed by atoms with E-state index in [-0.39, 0.29) is 61.3 Å². The minimum Gasteiger partial charge on any atom is -0.488 e. The molecule has 2 N–H and O–H groups in total. The van der Waals surface area contributed by atoms with Gasteiger partial charge in [-0.25, -0.2) is 4.79 Å². The van der Waals surface area contributed by atoms with Gasteiger partial charge < -0.3 is 43.7 Å². The second kappa shape index (κ2) is 24.7. The molecule has 0 radical (unpaired) electrons. The maximum absolute atomic E-state index is 14.6. The van der Waals surface area contributed by atoms with Crippen LogP contribution in [0, 0.1) is 29.6 Å². The monoisotopic (exact) mass is 937 g/mol. The molecule has 2 saturated heterocycles. The fourth-order valence-corrected chi connectivity index (χ4v) is 10.5. The van der Waals surface area contributed by atoms with E-state index in [2.05, 4.69) is 24.4 Å². The number of carbonyl (C=O) groups is 6. The van der Waals surface area contributed by atoms with E-state index >= 15 is 0 Å². The summed E-state index contributed by atoms with van der Waals surface area (Å²) in [6, 6.07) is 7.83. The number of hydrogen-bond donors (Lipinski definition) is 2. The summed E-state index contributed by atoms with van der Waals surface area (Å²) in [6.45, 7) is 12.6. The Kier molecular flexibility index (Phi) is 19.7. The van der Waals surface area contributed by atoms with Crippen molar-refractivity contribution in [2.75, 3.05) is 27.4 Å². The molecule has 4 aliphatic rings. The number of piperidine rings is 1. The van der Waals surface area contributed by atoms with Gasteiger partial charge >= 0.3 is 11.9 Å². The zero-order valence-corrected chi connectivity index (χ0v) is 41.2. The number of amides is 2. The minimum absolute atomic E-state index is 0.0583. The van der Waals surface area contributed by atoms with Crippen LogP contribution in [0.1, 0.15) is 126 Å². The van der Waals surface area contributed by atoms with Crippen LogP contribution < -0.4 is 10.1 Å². The number of fused-ring (bicyclic) bond motifs is 3. The molecule has 0 spiro atoms. The molecule has 1 aromatic rings. The number of ketones is 2. The van der Waals surface area contributed by atoms with Crippen molar-refractivity contribution in [1.82, 2.24) is 10.2 Å². The number of rotatable bonds is 10. The first-order valence-electron chi connectivity index (χ1n) is 24.4. The van der Waals surface area contributed by atoms with Gasteiger partial charge in [0.25, 0.3) is 17.6 Å². The molecule has 13 unspecified atom stereocenters. The predicted molar refractivity (Wildman–Crippen MR) is 249 cm³/mol. The number of allylic oxidation sites excluding steroid dienone is 3. The Labute approximate surface area is 397 Å². The van der Waals surface area contributed by atoms with Gasteiger partial charge in [-0.15, -0.1) is 0 Å². The number of para-hydroxylation sites is 1. The van der Waals surface area contributed by atoms with Crippen molar-refractivity contribution < 1.29 is 62.3 Å². The zero-order valence-electron chi connectivity index (χ0n) is 41.2. The van der Waals surface area contributed by atoms with Crippen LogP contribution in [0.3, 0.4) is 0 Å². The van der Waals surface area contributed by atoms with Crippen molar-refractivity contribution in [2.45, 2.75) is 174 Å². The van der Waals surface area contributed by atoms with Gasteiger partial charge in [0.05, 0.1) is 18.2 Å². The molecule has 13 atom stereocenters. The van der Waals surface area contributed by atoms with E-state index in [0.717, 1.165) is 11.1 Å². The molecule has 3 heterocycles. The van der Waals surface area contributed by atoms with Crippen molar-refractivity contribution in [3.63, 3.8) is 0 Å². The van der Waals surface area contributed by atoms with E-state index in [4.69, 9.17) is 28.4 Å². The van der Waals surface area contributed by atoms with Crippen molar-refractivity contribution in [3.8, 4) is 5.75 Å². The Morgan fingerprint density at radius 1 is 0.925 bits per heavy atom. The normalized spacial score (nSPS) is 34.4. The number of cyclic esters (lactones) is 1.